The zero-order valence-electron chi connectivity index (χ0n) is 9.45. The van der Waals surface area contributed by atoms with Crippen LogP contribution in [0.1, 0.15) is 22.8 Å². The average Bonchev–Trinajstić information content (AvgIpc) is 2.28. The number of rotatable bonds is 5. The summed E-state index contributed by atoms with van der Waals surface area (Å²) >= 11 is 1.58. The van der Waals surface area contributed by atoms with Crippen molar-refractivity contribution in [3.8, 4) is 0 Å². The van der Waals surface area contributed by atoms with Gasteiger partial charge in [-0.2, -0.15) is 0 Å². The molecular weight excluding hydrogens is 222 g/mol. The van der Waals surface area contributed by atoms with E-state index in [4.69, 9.17) is 0 Å². The van der Waals surface area contributed by atoms with E-state index in [1.165, 1.54) is 0 Å². The fourth-order valence-electron chi connectivity index (χ4n) is 1.21. The summed E-state index contributed by atoms with van der Waals surface area (Å²) in [5.41, 5.74) is 1.78. The molecule has 0 aliphatic carbocycles. The highest BCUT2D eigenvalue weighted by molar-refractivity contribution is 7.99. The van der Waals surface area contributed by atoms with E-state index in [0.717, 1.165) is 11.3 Å². The van der Waals surface area contributed by atoms with E-state index in [2.05, 4.69) is 5.32 Å². The quantitative estimate of drug-likeness (QED) is 0.850. The predicted molar refractivity (Wildman–Crippen MR) is 66.7 cm³/mol. The number of nitrogens with one attached hydrogen (secondary N) is 1. The van der Waals surface area contributed by atoms with Gasteiger partial charge in [-0.3, -0.25) is 9.59 Å². The van der Waals surface area contributed by atoms with E-state index in [0.29, 0.717) is 11.3 Å². The molecule has 4 heteroatoms. The second kappa shape index (κ2) is 6.33. The summed E-state index contributed by atoms with van der Waals surface area (Å²) in [6.45, 7) is 1.59. The zero-order chi connectivity index (χ0) is 12.0. The number of carbonyl (C=O) groups excluding carboxylic acids is 2. The largest absolute Gasteiger partial charge is 0.355 e. The molecule has 0 bridgehead atoms. The molecule has 1 N–H and O–H groups in total. The monoisotopic (exact) mass is 237 g/mol. The molecule has 1 amide bonds. The van der Waals surface area contributed by atoms with E-state index < -0.39 is 0 Å². The van der Waals surface area contributed by atoms with Gasteiger partial charge in [0.05, 0.1) is 5.75 Å². The minimum Gasteiger partial charge on any atom is -0.355 e. The van der Waals surface area contributed by atoms with Crippen LogP contribution >= 0.6 is 11.8 Å². The van der Waals surface area contributed by atoms with E-state index in [9.17, 15) is 9.59 Å². The molecule has 1 aromatic carbocycles. The van der Waals surface area contributed by atoms with Gasteiger partial charge in [0.25, 0.3) is 5.91 Å². The summed E-state index contributed by atoms with van der Waals surface area (Å²) in [6, 6.07) is 7.42. The maximum Gasteiger partial charge on any atom is 0.251 e. The van der Waals surface area contributed by atoms with Crippen molar-refractivity contribution in [3.05, 3.63) is 35.4 Å². The second-order valence-electron chi connectivity index (χ2n) is 3.47. The van der Waals surface area contributed by atoms with Crippen molar-refractivity contribution < 1.29 is 9.59 Å². The van der Waals surface area contributed by atoms with Crippen LogP contribution in [0, 0.1) is 0 Å². The first-order valence-corrected chi connectivity index (χ1v) is 6.17. The van der Waals surface area contributed by atoms with Crippen LogP contribution in [0.25, 0.3) is 0 Å². The van der Waals surface area contributed by atoms with E-state index in [1.54, 1.807) is 37.9 Å². The molecular formula is C12H15NO2S. The molecule has 0 saturated heterocycles. The van der Waals surface area contributed by atoms with Crippen molar-refractivity contribution in [2.45, 2.75) is 12.7 Å². The van der Waals surface area contributed by atoms with Crippen molar-refractivity contribution in [1.82, 2.24) is 5.32 Å². The lowest BCUT2D eigenvalue weighted by atomic mass is 10.1. The summed E-state index contributed by atoms with van der Waals surface area (Å²) in [5.74, 6) is 1.44. The Bertz CT molecular complexity index is 373. The Hall–Kier alpha value is -1.29. The molecule has 1 rings (SSSR count). The fraction of sp³-hybridized carbons (Fsp3) is 0.333. The number of thioether (sulfide) groups is 1. The molecule has 3 nitrogen and oxygen atoms in total. The maximum atomic E-state index is 11.3. The molecule has 0 saturated carbocycles. The predicted octanol–water partition coefficient (Wildman–Crippen LogP) is 1.87. The summed E-state index contributed by atoms with van der Waals surface area (Å²) < 4.78 is 0. The van der Waals surface area contributed by atoms with Crippen LogP contribution < -0.4 is 5.32 Å². The molecule has 0 aliphatic rings. The fourth-order valence-corrected chi connectivity index (χ4v) is 2.03. The van der Waals surface area contributed by atoms with Crippen molar-refractivity contribution in [1.29, 1.82) is 0 Å². The molecule has 0 aromatic heterocycles. The van der Waals surface area contributed by atoms with Gasteiger partial charge in [-0.25, -0.2) is 0 Å². The Morgan fingerprint density at radius 1 is 1.25 bits per heavy atom. The summed E-state index contributed by atoms with van der Waals surface area (Å²) in [4.78, 5) is 22.0. The van der Waals surface area contributed by atoms with Gasteiger partial charge in [-0.05, 0) is 24.6 Å². The van der Waals surface area contributed by atoms with Gasteiger partial charge in [0.1, 0.15) is 5.78 Å². The number of ketones is 1. The number of carbonyl (C=O) groups is 2. The lowest BCUT2D eigenvalue weighted by Crippen LogP contribution is -2.17. The number of benzene rings is 1. The molecule has 86 valence electrons. The topological polar surface area (TPSA) is 46.2 Å². The van der Waals surface area contributed by atoms with Gasteiger partial charge in [0.15, 0.2) is 0 Å². The Morgan fingerprint density at radius 2 is 1.88 bits per heavy atom. The van der Waals surface area contributed by atoms with Crippen molar-refractivity contribution in [2.24, 2.45) is 0 Å². The molecule has 0 radical (unpaired) electrons. The van der Waals surface area contributed by atoms with E-state index >= 15 is 0 Å². The van der Waals surface area contributed by atoms with Crippen molar-refractivity contribution in [3.63, 3.8) is 0 Å². The van der Waals surface area contributed by atoms with Crippen LogP contribution in [0.2, 0.25) is 0 Å². The lowest BCUT2D eigenvalue weighted by Gasteiger charge is -2.02. The van der Waals surface area contributed by atoms with Gasteiger partial charge >= 0.3 is 0 Å². The lowest BCUT2D eigenvalue weighted by molar-refractivity contribution is -0.114. The highest BCUT2D eigenvalue weighted by Crippen LogP contribution is 2.13. The molecule has 0 atom stereocenters. The normalized spacial score (nSPS) is 9.88. The first-order chi connectivity index (χ1) is 7.63. The Morgan fingerprint density at radius 3 is 2.38 bits per heavy atom. The molecule has 0 aliphatic heterocycles. The summed E-state index contributed by atoms with van der Waals surface area (Å²) in [7, 11) is 1.61. The highest BCUT2D eigenvalue weighted by atomic mass is 32.2. The first kappa shape index (κ1) is 12.8. The summed E-state index contributed by atoms with van der Waals surface area (Å²) in [5, 5.41) is 2.57. The third kappa shape index (κ3) is 4.06. The maximum absolute atomic E-state index is 11.3. The standard InChI is InChI=1S/C12H15NO2S/c1-9(14)7-16-8-10-3-5-11(6-4-10)12(15)13-2/h3-6H,7-8H2,1-2H3,(H,13,15). The van der Waals surface area contributed by atoms with E-state index in [-0.39, 0.29) is 11.7 Å². The smallest absolute Gasteiger partial charge is 0.251 e. The third-order valence-electron chi connectivity index (χ3n) is 2.02. The number of amides is 1. The molecule has 0 spiro atoms. The number of Topliss-reactive ketones (excluding diaryl/α,β-unsaturated/α-hetero) is 1. The molecule has 0 heterocycles. The van der Waals surface area contributed by atoms with Gasteiger partial charge in [-0.1, -0.05) is 12.1 Å². The average molecular weight is 237 g/mol. The van der Waals surface area contributed by atoms with Crippen LogP contribution in [0.5, 0.6) is 0 Å². The van der Waals surface area contributed by atoms with Crippen LogP contribution in [-0.2, 0) is 10.5 Å². The molecule has 1 aromatic rings. The number of hydrogen-bond donors (Lipinski definition) is 1. The van der Waals surface area contributed by atoms with Crippen LogP contribution in [-0.4, -0.2) is 24.5 Å². The minimum absolute atomic E-state index is 0.0806. The molecule has 0 unspecified atom stereocenters. The van der Waals surface area contributed by atoms with Crippen molar-refractivity contribution in [2.75, 3.05) is 12.8 Å². The number of hydrogen-bond acceptors (Lipinski definition) is 3. The summed E-state index contributed by atoms with van der Waals surface area (Å²) in [6.07, 6.45) is 0. The Labute approximate surface area is 99.6 Å². The third-order valence-corrected chi connectivity index (χ3v) is 3.17. The minimum atomic E-state index is -0.0806. The second-order valence-corrected chi connectivity index (χ2v) is 4.46. The Kier molecular flexibility index (Phi) is 5.05. The Balaban J connectivity index is 2.51. The SMILES string of the molecule is CNC(=O)c1ccc(CSCC(C)=O)cc1. The van der Waals surface area contributed by atoms with Gasteiger partial charge in [0, 0.05) is 18.4 Å². The van der Waals surface area contributed by atoms with Crippen molar-refractivity contribution >= 4 is 23.5 Å². The van der Waals surface area contributed by atoms with Crippen LogP contribution in [0.15, 0.2) is 24.3 Å². The molecule has 0 fully saturated rings. The van der Waals surface area contributed by atoms with Gasteiger partial charge in [0.2, 0.25) is 0 Å². The van der Waals surface area contributed by atoms with E-state index in [1.807, 2.05) is 12.1 Å². The van der Waals surface area contributed by atoms with Gasteiger partial charge in [-0.15, -0.1) is 11.8 Å². The van der Waals surface area contributed by atoms with Crippen LogP contribution in [0.3, 0.4) is 0 Å². The zero-order valence-corrected chi connectivity index (χ0v) is 10.3. The molecule has 16 heavy (non-hydrogen) atoms. The first-order valence-electron chi connectivity index (χ1n) is 5.01. The van der Waals surface area contributed by atoms with Crippen LogP contribution in [0.4, 0.5) is 0 Å². The highest BCUT2D eigenvalue weighted by Gasteiger charge is 2.02. The van der Waals surface area contributed by atoms with Gasteiger partial charge < -0.3 is 5.32 Å².